The molecule has 9 heteroatoms. The van der Waals surface area contributed by atoms with Gasteiger partial charge in [-0.25, -0.2) is 18.3 Å². The van der Waals surface area contributed by atoms with Gasteiger partial charge in [-0.2, -0.15) is 0 Å². The van der Waals surface area contributed by atoms with Crippen LogP contribution in [0.15, 0.2) is 38.4 Å². The molecule has 140 valence electrons. The van der Waals surface area contributed by atoms with E-state index in [1.807, 2.05) is 0 Å². The SMILES string of the molecule is CCS(=O)(=O)c1cccc(CC(=O)N2CCC(c3n[nH]c(=O)o3)CC2)c1. The number of H-pyrrole nitrogens is 1. The zero-order valence-electron chi connectivity index (χ0n) is 14.5. The van der Waals surface area contributed by atoms with Crippen LogP contribution in [0, 0.1) is 0 Å². The van der Waals surface area contributed by atoms with Crippen molar-refractivity contribution in [2.75, 3.05) is 18.8 Å². The molecule has 0 unspecified atom stereocenters. The second-order valence-corrected chi connectivity index (χ2v) is 8.61. The molecule has 1 aromatic heterocycles. The van der Waals surface area contributed by atoms with Crippen molar-refractivity contribution in [2.24, 2.45) is 0 Å². The fourth-order valence-electron chi connectivity index (χ4n) is 3.09. The fourth-order valence-corrected chi connectivity index (χ4v) is 4.04. The lowest BCUT2D eigenvalue weighted by atomic mass is 9.96. The number of aromatic amines is 1. The molecule has 0 bridgehead atoms. The minimum absolute atomic E-state index is 0.0241. The number of likely N-dealkylation sites (tertiary alicyclic amines) is 1. The second-order valence-electron chi connectivity index (χ2n) is 6.33. The van der Waals surface area contributed by atoms with Crippen LogP contribution in [0.5, 0.6) is 0 Å². The molecule has 0 radical (unpaired) electrons. The summed E-state index contributed by atoms with van der Waals surface area (Å²) < 4.78 is 28.9. The Morgan fingerprint density at radius 1 is 1.35 bits per heavy atom. The van der Waals surface area contributed by atoms with Crippen LogP contribution in [0.4, 0.5) is 0 Å². The average molecular weight is 379 g/mol. The largest absolute Gasteiger partial charge is 0.434 e. The van der Waals surface area contributed by atoms with Crippen LogP contribution in [0.3, 0.4) is 0 Å². The van der Waals surface area contributed by atoms with Gasteiger partial charge in [0.15, 0.2) is 9.84 Å². The summed E-state index contributed by atoms with van der Waals surface area (Å²) in [6, 6.07) is 6.55. The van der Waals surface area contributed by atoms with Crippen molar-refractivity contribution in [1.82, 2.24) is 15.1 Å². The quantitative estimate of drug-likeness (QED) is 0.832. The zero-order chi connectivity index (χ0) is 18.7. The number of amides is 1. The van der Waals surface area contributed by atoms with Gasteiger partial charge in [-0.05, 0) is 30.5 Å². The van der Waals surface area contributed by atoms with Crippen LogP contribution >= 0.6 is 0 Å². The Balaban J connectivity index is 1.61. The summed E-state index contributed by atoms with van der Waals surface area (Å²) in [4.78, 5) is 25.6. The normalized spacial score (nSPS) is 16.0. The van der Waals surface area contributed by atoms with Gasteiger partial charge in [0.2, 0.25) is 11.8 Å². The van der Waals surface area contributed by atoms with E-state index in [2.05, 4.69) is 10.2 Å². The van der Waals surface area contributed by atoms with Crippen LogP contribution in [0.2, 0.25) is 0 Å². The summed E-state index contributed by atoms with van der Waals surface area (Å²) in [5.74, 6) is -0.171. The summed E-state index contributed by atoms with van der Waals surface area (Å²) in [5.41, 5.74) is 0.685. The molecule has 8 nitrogen and oxygen atoms in total. The lowest BCUT2D eigenvalue weighted by Gasteiger charge is -2.30. The van der Waals surface area contributed by atoms with Gasteiger partial charge in [-0.1, -0.05) is 19.1 Å². The van der Waals surface area contributed by atoms with Crippen LogP contribution in [-0.2, 0) is 21.1 Å². The van der Waals surface area contributed by atoms with Gasteiger partial charge in [-0.3, -0.25) is 4.79 Å². The molecule has 1 saturated heterocycles. The van der Waals surface area contributed by atoms with E-state index in [0.717, 1.165) is 0 Å². The van der Waals surface area contributed by atoms with Gasteiger partial charge in [-0.15, -0.1) is 5.10 Å². The first-order valence-electron chi connectivity index (χ1n) is 8.54. The smallest absolute Gasteiger partial charge is 0.392 e. The van der Waals surface area contributed by atoms with E-state index in [1.54, 1.807) is 36.1 Å². The standard InChI is InChI=1S/C17H21N3O5S/c1-2-26(23,24)14-5-3-4-12(10-14)11-15(21)20-8-6-13(7-9-20)16-18-19-17(22)25-16/h3-5,10,13H,2,6-9,11H2,1H3,(H,19,22). The molecule has 0 spiro atoms. The molecule has 2 aromatic rings. The molecule has 0 aliphatic carbocycles. The van der Waals surface area contributed by atoms with Crippen molar-refractivity contribution in [3.8, 4) is 0 Å². The molecular formula is C17H21N3O5S. The first-order valence-corrected chi connectivity index (χ1v) is 10.2. The molecule has 1 aromatic carbocycles. The summed E-state index contributed by atoms with van der Waals surface area (Å²) in [7, 11) is -3.29. The summed E-state index contributed by atoms with van der Waals surface area (Å²) in [6.07, 6.45) is 1.50. The predicted molar refractivity (Wildman–Crippen MR) is 93.6 cm³/mol. The maximum absolute atomic E-state index is 12.5. The molecule has 2 heterocycles. The van der Waals surface area contributed by atoms with Crippen LogP contribution in [0.25, 0.3) is 0 Å². The summed E-state index contributed by atoms with van der Waals surface area (Å²) in [6.45, 7) is 2.69. The molecule has 26 heavy (non-hydrogen) atoms. The van der Waals surface area contributed by atoms with Crippen LogP contribution in [-0.4, -0.2) is 48.3 Å². The molecule has 3 rings (SSSR count). The first kappa shape index (κ1) is 18.4. The van der Waals surface area contributed by atoms with Gasteiger partial charge >= 0.3 is 5.76 Å². The Morgan fingerprint density at radius 3 is 2.69 bits per heavy atom. The Kier molecular flexibility index (Phi) is 5.26. The Bertz CT molecular complexity index is 939. The van der Waals surface area contributed by atoms with Crippen LogP contribution < -0.4 is 5.76 Å². The Labute approximate surface area is 151 Å². The highest BCUT2D eigenvalue weighted by atomic mass is 32.2. The Morgan fingerprint density at radius 2 is 2.08 bits per heavy atom. The van der Waals surface area contributed by atoms with Crippen molar-refractivity contribution < 1.29 is 17.6 Å². The monoisotopic (exact) mass is 379 g/mol. The predicted octanol–water partition coefficient (Wildman–Crippen LogP) is 1.11. The van der Waals surface area contributed by atoms with Crippen molar-refractivity contribution in [3.05, 3.63) is 46.3 Å². The van der Waals surface area contributed by atoms with E-state index in [1.165, 1.54) is 0 Å². The number of hydrogen-bond acceptors (Lipinski definition) is 6. The van der Waals surface area contributed by atoms with Crippen molar-refractivity contribution in [1.29, 1.82) is 0 Å². The zero-order valence-corrected chi connectivity index (χ0v) is 15.3. The first-order chi connectivity index (χ1) is 12.4. The third-order valence-electron chi connectivity index (χ3n) is 4.64. The number of benzene rings is 1. The van der Waals surface area contributed by atoms with E-state index >= 15 is 0 Å². The van der Waals surface area contributed by atoms with Crippen LogP contribution in [0.1, 0.15) is 37.1 Å². The molecule has 1 fully saturated rings. The third kappa shape index (κ3) is 4.04. The van der Waals surface area contributed by atoms with Gasteiger partial charge in [0.25, 0.3) is 0 Å². The number of hydrogen-bond donors (Lipinski definition) is 1. The molecule has 0 saturated carbocycles. The number of carbonyl (C=O) groups excluding carboxylic acids is 1. The molecule has 1 amide bonds. The number of nitrogens with zero attached hydrogens (tertiary/aromatic N) is 2. The van der Waals surface area contributed by atoms with E-state index in [0.29, 0.717) is 37.4 Å². The maximum atomic E-state index is 12.5. The lowest BCUT2D eigenvalue weighted by Crippen LogP contribution is -2.38. The highest BCUT2D eigenvalue weighted by Gasteiger charge is 2.27. The Hall–Kier alpha value is -2.42. The van der Waals surface area contributed by atoms with E-state index < -0.39 is 15.6 Å². The van der Waals surface area contributed by atoms with Gasteiger partial charge in [0, 0.05) is 19.0 Å². The minimum Gasteiger partial charge on any atom is -0.392 e. The van der Waals surface area contributed by atoms with E-state index in [-0.39, 0.29) is 28.9 Å². The molecule has 1 N–H and O–H groups in total. The molecular weight excluding hydrogens is 358 g/mol. The lowest BCUT2D eigenvalue weighted by molar-refractivity contribution is -0.131. The highest BCUT2D eigenvalue weighted by molar-refractivity contribution is 7.91. The summed E-state index contributed by atoms with van der Waals surface area (Å²) in [5, 5.41) is 6.11. The van der Waals surface area contributed by atoms with Gasteiger partial charge in [0.1, 0.15) is 0 Å². The number of rotatable bonds is 5. The molecule has 1 aliphatic heterocycles. The van der Waals surface area contributed by atoms with E-state index in [9.17, 15) is 18.0 Å². The molecule has 0 atom stereocenters. The summed E-state index contributed by atoms with van der Waals surface area (Å²) >= 11 is 0. The second kappa shape index (κ2) is 7.45. The molecule has 1 aliphatic rings. The fraction of sp³-hybridized carbons (Fsp3) is 0.471. The van der Waals surface area contributed by atoms with Gasteiger partial charge in [0.05, 0.1) is 17.1 Å². The van der Waals surface area contributed by atoms with Gasteiger partial charge < -0.3 is 9.32 Å². The number of carbonyl (C=O) groups is 1. The minimum atomic E-state index is -3.29. The van der Waals surface area contributed by atoms with Crippen molar-refractivity contribution >= 4 is 15.7 Å². The number of aromatic nitrogens is 2. The highest BCUT2D eigenvalue weighted by Crippen LogP contribution is 2.26. The maximum Gasteiger partial charge on any atom is 0.434 e. The van der Waals surface area contributed by atoms with Crippen molar-refractivity contribution in [2.45, 2.75) is 37.0 Å². The number of sulfone groups is 1. The number of nitrogens with one attached hydrogen (secondary N) is 1. The van der Waals surface area contributed by atoms with Crippen molar-refractivity contribution in [3.63, 3.8) is 0 Å². The third-order valence-corrected chi connectivity index (χ3v) is 6.38. The van der Waals surface area contributed by atoms with E-state index in [4.69, 9.17) is 4.42 Å². The average Bonchev–Trinajstić information content (AvgIpc) is 3.08. The topological polar surface area (TPSA) is 113 Å². The number of piperidine rings is 1.